The summed E-state index contributed by atoms with van der Waals surface area (Å²) in [5.74, 6) is 0.674. The van der Waals surface area contributed by atoms with Crippen molar-refractivity contribution in [1.29, 1.82) is 0 Å². The third-order valence-corrected chi connectivity index (χ3v) is 18.7. The Hall–Kier alpha value is -12.1. The van der Waals surface area contributed by atoms with E-state index in [1.54, 1.807) is 0 Å². The molecule has 19 rings (SSSR count). The van der Waals surface area contributed by atoms with Crippen molar-refractivity contribution in [2.24, 2.45) is 0 Å². The van der Waals surface area contributed by atoms with Crippen molar-refractivity contribution in [2.75, 3.05) is 0 Å². The lowest BCUT2D eigenvalue weighted by Crippen LogP contribution is -1.99. The Balaban J connectivity index is 0.701. The van der Waals surface area contributed by atoms with Gasteiger partial charge in [-0.15, -0.1) is 0 Å². The van der Waals surface area contributed by atoms with Gasteiger partial charge in [-0.3, -0.25) is 0 Å². The Morgan fingerprint density at radius 3 is 1.01 bits per heavy atom. The second-order valence-electron chi connectivity index (χ2n) is 23.7. The summed E-state index contributed by atoms with van der Waals surface area (Å²) < 4.78 is 9.55. The molecule has 6 nitrogen and oxygen atoms in total. The van der Waals surface area contributed by atoms with Crippen LogP contribution in [0.3, 0.4) is 0 Å². The first-order chi connectivity index (χ1) is 44.6. The number of benzene rings is 14. The van der Waals surface area contributed by atoms with Gasteiger partial charge in [-0.05, 0) is 173 Å². The second kappa shape index (κ2) is 19.7. The summed E-state index contributed by atoms with van der Waals surface area (Å²) in [6.07, 6.45) is 0. The highest BCUT2D eigenvalue weighted by atomic mass is 15.0. The van der Waals surface area contributed by atoms with E-state index in [4.69, 9.17) is 9.97 Å². The molecule has 0 saturated heterocycles. The van der Waals surface area contributed by atoms with E-state index < -0.39 is 0 Å². The van der Waals surface area contributed by atoms with Crippen molar-refractivity contribution in [3.8, 4) is 67.6 Å². The van der Waals surface area contributed by atoms with Gasteiger partial charge in [0.25, 0.3) is 0 Å². The molecule has 0 unspecified atom stereocenters. The Bertz CT molecular complexity index is 6140. The van der Waals surface area contributed by atoms with Crippen LogP contribution in [0, 0.1) is 0 Å². The Labute approximate surface area is 517 Å². The summed E-state index contributed by atoms with van der Waals surface area (Å²) in [5, 5.41) is 13.1. The Kier molecular flexibility index (Phi) is 11.0. The molecule has 5 heterocycles. The van der Waals surface area contributed by atoms with Gasteiger partial charge in [0.1, 0.15) is 0 Å². The highest BCUT2D eigenvalue weighted by molar-refractivity contribution is 6.16. The number of para-hydroxylation sites is 6. The van der Waals surface area contributed by atoms with E-state index in [0.717, 1.165) is 83.3 Å². The molecule has 0 aliphatic rings. The van der Waals surface area contributed by atoms with Crippen LogP contribution in [0.1, 0.15) is 0 Å². The molecule has 418 valence electrons. The van der Waals surface area contributed by atoms with Crippen LogP contribution in [0.15, 0.2) is 315 Å². The summed E-state index contributed by atoms with van der Waals surface area (Å²) >= 11 is 0. The predicted octanol–water partition coefficient (Wildman–Crippen LogP) is 21.8. The summed E-state index contributed by atoms with van der Waals surface area (Å²) in [5.41, 5.74) is 22.3. The van der Waals surface area contributed by atoms with Gasteiger partial charge in [-0.2, -0.15) is 0 Å². The van der Waals surface area contributed by atoms with Crippen LogP contribution in [-0.4, -0.2) is 28.2 Å². The van der Waals surface area contributed by atoms with Crippen molar-refractivity contribution < 1.29 is 0 Å². The Morgan fingerprint density at radius 1 is 0.200 bits per heavy atom. The quantitative estimate of drug-likeness (QED) is 0.142. The first kappa shape index (κ1) is 50.1. The first-order valence-electron chi connectivity index (χ1n) is 30.8. The molecule has 19 aromatic rings. The molecular formula is C84H52N6. The molecule has 0 atom stereocenters. The summed E-state index contributed by atoms with van der Waals surface area (Å²) in [4.78, 5) is 11.0. The molecule has 0 saturated carbocycles. The van der Waals surface area contributed by atoms with Crippen LogP contribution in [-0.2, 0) is 0 Å². The van der Waals surface area contributed by atoms with E-state index in [2.05, 4.69) is 334 Å². The molecule has 0 aliphatic carbocycles. The van der Waals surface area contributed by atoms with Crippen molar-refractivity contribution >= 4 is 109 Å². The lowest BCUT2D eigenvalue weighted by atomic mass is 9.99. The van der Waals surface area contributed by atoms with E-state index in [-0.39, 0.29) is 0 Å². The van der Waals surface area contributed by atoms with Crippen LogP contribution in [0.2, 0.25) is 0 Å². The smallest absolute Gasteiger partial charge is 0.160 e. The fraction of sp³-hybridized carbons (Fsp3) is 0. The van der Waals surface area contributed by atoms with E-state index in [0.29, 0.717) is 5.82 Å². The summed E-state index contributed by atoms with van der Waals surface area (Å²) in [7, 11) is 0. The Morgan fingerprint density at radius 2 is 0.556 bits per heavy atom. The van der Waals surface area contributed by atoms with Crippen LogP contribution in [0.5, 0.6) is 0 Å². The molecule has 0 amide bonds. The number of hydrogen-bond acceptors (Lipinski definition) is 2. The summed E-state index contributed by atoms with van der Waals surface area (Å²) in [6, 6.07) is 115. The third kappa shape index (κ3) is 7.65. The standard InChI is InChI=1S/C84H52N6/c1-3-20-60(21-4-1)87-74-30-13-9-26-65(74)69-49-55(37-44-78(69)87)57-39-46-80-71(51-57)67-28-11-15-32-76(67)89(80)62-41-34-54(35-42-62)84-85-73-43-36-53-18-7-8-25-64(53)82(73)83(86-84)59-19-17-24-63(48-59)90-77-33-16-12-29-68(77)72-52-58(40-47-81(72)90)56-38-45-79-70(50-56)66-27-10-14-31-75(66)88(79)61-22-5-2-6-23-61/h1-52H. The van der Waals surface area contributed by atoms with Gasteiger partial charge in [0, 0.05) is 82.4 Å². The maximum Gasteiger partial charge on any atom is 0.160 e. The first-order valence-corrected chi connectivity index (χ1v) is 30.8. The van der Waals surface area contributed by atoms with E-state index >= 15 is 0 Å². The van der Waals surface area contributed by atoms with Gasteiger partial charge < -0.3 is 18.3 Å². The molecule has 0 spiro atoms. The fourth-order valence-electron chi connectivity index (χ4n) is 14.7. The average molecular weight is 1150 g/mol. The van der Waals surface area contributed by atoms with Crippen LogP contribution < -0.4 is 0 Å². The third-order valence-electron chi connectivity index (χ3n) is 18.7. The highest BCUT2D eigenvalue weighted by Gasteiger charge is 2.21. The monoisotopic (exact) mass is 1140 g/mol. The molecule has 14 aromatic carbocycles. The zero-order chi connectivity index (χ0) is 59.0. The van der Waals surface area contributed by atoms with Crippen molar-refractivity contribution in [2.45, 2.75) is 0 Å². The van der Waals surface area contributed by atoms with Gasteiger partial charge in [0.05, 0.1) is 55.3 Å². The number of hydrogen-bond donors (Lipinski definition) is 0. The van der Waals surface area contributed by atoms with Gasteiger partial charge in [0.15, 0.2) is 5.82 Å². The minimum Gasteiger partial charge on any atom is -0.309 e. The van der Waals surface area contributed by atoms with Crippen LogP contribution >= 0.6 is 0 Å². The zero-order valence-electron chi connectivity index (χ0n) is 48.7. The minimum absolute atomic E-state index is 0.674. The van der Waals surface area contributed by atoms with Crippen molar-refractivity contribution in [1.82, 2.24) is 28.2 Å². The van der Waals surface area contributed by atoms with E-state index in [9.17, 15) is 0 Å². The lowest BCUT2D eigenvalue weighted by Gasteiger charge is -2.14. The SMILES string of the molecule is c1ccc(-n2c3ccccc3c3cc(-c4ccc5c(c4)c4ccccc4n5-c4ccc(-c5nc(-c6cccc(-n7c8ccccc8c8cc(-c9ccc%10c(c9)c9ccccc9n%10-c9ccccc9)ccc87)c6)c6c(ccc7ccccc76)n5)cc4)ccc32)cc1. The van der Waals surface area contributed by atoms with Gasteiger partial charge in [0.2, 0.25) is 0 Å². The molecule has 0 N–H and O–H groups in total. The largest absolute Gasteiger partial charge is 0.309 e. The van der Waals surface area contributed by atoms with E-state index in [1.165, 1.54) is 87.4 Å². The molecule has 0 radical (unpaired) electrons. The molecule has 0 aliphatic heterocycles. The van der Waals surface area contributed by atoms with Gasteiger partial charge in [-0.1, -0.05) is 176 Å². The minimum atomic E-state index is 0.674. The van der Waals surface area contributed by atoms with Crippen molar-refractivity contribution in [3.05, 3.63) is 315 Å². The second-order valence-corrected chi connectivity index (χ2v) is 23.7. The van der Waals surface area contributed by atoms with Gasteiger partial charge in [-0.25, -0.2) is 9.97 Å². The fourth-order valence-corrected chi connectivity index (χ4v) is 14.7. The van der Waals surface area contributed by atoms with E-state index in [1.807, 2.05) is 0 Å². The maximum atomic E-state index is 5.60. The molecular weight excluding hydrogens is 1090 g/mol. The van der Waals surface area contributed by atoms with Gasteiger partial charge >= 0.3 is 0 Å². The number of fused-ring (bicyclic) bond motifs is 15. The molecule has 6 heteroatoms. The normalized spacial score (nSPS) is 12.0. The zero-order valence-corrected chi connectivity index (χ0v) is 48.7. The topological polar surface area (TPSA) is 45.5 Å². The molecule has 0 bridgehead atoms. The van der Waals surface area contributed by atoms with Crippen LogP contribution in [0.25, 0.3) is 177 Å². The molecule has 90 heavy (non-hydrogen) atoms. The number of aromatic nitrogens is 6. The maximum absolute atomic E-state index is 5.60. The average Bonchev–Trinajstić information content (AvgIpc) is 1.50. The predicted molar refractivity (Wildman–Crippen MR) is 376 cm³/mol. The van der Waals surface area contributed by atoms with Crippen molar-refractivity contribution in [3.63, 3.8) is 0 Å². The molecule has 5 aromatic heterocycles. The highest BCUT2D eigenvalue weighted by Crippen LogP contribution is 2.43. The number of rotatable bonds is 8. The van der Waals surface area contributed by atoms with Crippen LogP contribution in [0.4, 0.5) is 0 Å². The number of nitrogens with zero attached hydrogens (tertiary/aromatic N) is 6. The summed E-state index contributed by atoms with van der Waals surface area (Å²) in [6.45, 7) is 0. The molecule has 0 fully saturated rings. The lowest BCUT2D eigenvalue weighted by molar-refractivity contribution is 1.17.